The number of aromatic nitrogens is 5. The van der Waals surface area contributed by atoms with E-state index in [1.807, 2.05) is 35.9 Å². The highest BCUT2D eigenvalue weighted by molar-refractivity contribution is 7.99. The molecule has 0 aliphatic rings. The average molecular weight is 482 g/mol. The molecule has 2 aromatic heterocycles. The predicted molar refractivity (Wildman–Crippen MR) is 128 cm³/mol. The Hall–Kier alpha value is -3.93. The van der Waals surface area contributed by atoms with E-state index in [1.165, 1.54) is 23.9 Å². The van der Waals surface area contributed by atoms with Crippen molar-refractivity contribution in [2.45, 2.75) is 24.9 Å². The lowest BCUT2D eigenvalue weighted by Gasteiger charge is -2.08. The van der Waals surface area contributed by atoms with Crippen molar-refractivity contribution in [2.75, 3.05) is 17.7 Å². The molecule has 2 heterocycles. The number of ether oxygens (including phenoxy) is 1. The molecule has 2 aromatic carbocycles. The number of aromatic amines is 1. The second-order valence-electron chi connectivity index (χ2n) is 7.36. The van der Waals surface area contributed by atoms with Gasteiger partial charge in [0.15, 0.2) is 5.16 Å². The van der Waals surface area contributed by atoms with E-state index >= 15 is 0 Å². The Balaban J connectivity index is 1.34. The summed E-state index contributed by atoms with van der Waals surface area (Å²) >= 11 is 1.21. The van der Waals surface area contributed by atoms with Crippen molar-refractivity contribution in [1.29, 1.82) is 0 Å². The van der Waals surface area contributed by atoms with Crippen molar-refractivity contribution in [3.8, 4) is 5.75 Å². The van der Waals surface area contributed by atoms with Gasteiger partial charge in [-0.1, -0.05) is 23.9 Å². The van der Waals surface area contributed by atoms with Crippen LogP contribution in [0.15, 0.2) is 47.6 Å². The van der Waals surface area contributed by atoms with Crippen molar-refractivity contribution >= 4 is 40.1 Å². The van der Waals surface area contributed by atoms with Gasteiger partial charge in [-0.25, -0.2) is 4.98 Å². The van der Waals surface area contributed by atoms with E-state index in [0.29, 0.717) is 30.4 Å². The number of H-pyrrole nitrogens is 1. The van der Waals surface area contributed by atoms with Crippen LogP contribution in [0.1, 0.15) is 18.6 Å². The van der Waals surface area contributed by atoms with E-state index < -0.39 is 4.92 Å². The fourth-order valence-electron chi connectivity index (χ4n) is 3.38. The van der Waals surface area contributed by atoms with Crippen LogP contribution >= 0.6 is 11.8 Å². The first-order valence-electron chi connectivity index (χ1n) is 10.6. The van der Waals surface area contributed by atoms with E-state index in [1.54, 1.807) is 13.0 Å². The van der Waals surface area contributed by atoms with Crippen molar-refractivity contribution in [3.05, 3.63) is 64.2 Å². The number of amides is 1. The van der Waals surface area contributed by atoms with Crippen LogP contribution in [-0.2, 0) is 24.7 Å². The summed E-state index contributed by atoms with van der Waals surface area (Å²) in [5, 5.41) is 22.9. The molecule has 0 spiro atoms. The molecule has 0 unspecified atom stereocenters. The topological polar surface area (TPSA) is 141 Å². The van der Waals surface area contributed by atoms with Gasteiger partial charge in [-0.05, 0) is 31.2 Å². The van der Waals surface area contributed by atoms with Crippen LogP contribution in [0, 0.1) is 10.1 Å². The summed E-state index contributed by atoms with van der Waals surface area (Å²) in [5.74, 6) is 1.65. The van der Waals surface area contributed by atoms with Gasteiger partial charge in [0.2, 0.25) is 5.91 Å². The first kappa shape index (κ1) is 23.2. The van der Waals surface area contributed by atoms with Gasteiger partial charge < -0.3 is 19.6 Å². The van der Waals surface area contributed by atoms with Crippen LogP contribution in [0.3, 0.4) is 0 Å². The van der Waals surface area contributed by atoms with E-state index in [0.717, 1.165) is 22.7 Å². The smallest absolute Gasteiger partial charge is 0.296 e. The van der Waals surface area contributed by atoms with Gasteiger partial charge in [0, 0.05) is 19.9 Å². The number of anilines is 1. The number of rotatable bonds is 10. The number of thioether (sulfide) groups is 1. The van der Waals surface area contributed by atoms with Crippen LogP contribution in [0.2, 0.25) is 0 Å². The fraction of sp³-hybridized carbons (Fsp3) is 0.273. The number of nitrogens with one attached hydrogen (secondary N) is 2. The van der Waals surface area contributed by atoms with Crippen molar-refractivity contribution in [2.24, 2.45) is 7.05 Å². The molecule has 0 saturated carbocycles. The number of nitro groups is 1. The molecular formula is C22H23N7O4S. The van der Waals surface area contributed by atoms with E-state index in [9.17, 15) is 14.9 Å². The zero-order chi connectivity index (χ0) is 24.1. The lowest BCUT2D eigenvalue weighted by molar-refractivity contribution is -0.384. The maximum Gasteiger partial charge on any atom is 0.296 e. The van der Waals surface area contributed by atoms with Crippen LogP contribution in [0.25, 0.3) is 11.0 Å². The highest BCUT2D eigenvalue weighted by atomic mass is 32.2. The van der Waals surface area contributed by atoms with Crippen molar-refractivity contribution in [3.63, 3.8) is 0 Å². The molecule has 0 bridgehead atoms. The third kappa shape index (κ3) is 5.34. The Kier molecular flexibility index (Phi) is 7.07. The number of aryl methyl sites for hydroxylation is 2. The summed E-state index contributed by atoms with van der Waals surface area (Å²) in [7, 11) is 1.84. The zero-order valence-electron chi connectivity index (χ0n) is 18.6. The Morgan fingerprint density at radius 2 is 2.06 bits per heavy atom. The Morgan fingerprint density at radius 3 is 2.82 bits per heavy atom. The van der Waals surface area contributed by atoms with Gasteiger partial charge in [0.25, 0.3) is 5.69 Å². The number of hydrogen-bond acceptors (Lipinski definition) is 8. The van der Waals surface area contributed by atoms with Gasteiger partial charge in [0.1, 0.15) is 23.1 Å². The third-order valence-electron chi connectivity index (χ3n) is 5.03. The van der Waals surface area contributed by atoms with Gasteiger partial charge in [-0.2, -0.15) is 0 Å². The highest BCUT2D eigenvalue weighted by Crippen LogP contribution is 2.29. The van der Waals surface area contributed by atoms with Gasteiger partial charge >= 0.3 is 0 Å². The predicted octanol–water partition coefficient (Wildman–Crippen LogP) is 3.51. The molecule has 4 rings (SSSR count). The Labute approximate surface area is 199 Å². The largest absolute Gasteiger partial charge is 0.494 e. The maximum atomic E-state index is 12.4. The first-order chi connectivity index (χ1) is 16.4. The van der Waals surface area contributed by atoms with Crippen LogP contribution < -0.4 is 10.1 Å². The highest BCUT2D eigenvalue weighted by Gasteiger charge is 2.18. The summed E-state index contributed by atoms with van der Waals surface area (Å²) in [6.07, 6.45) is 1.31. The number of carbonyl (C=O) groups excluding carboxylic acids is 1. The minimum atomic E-state index is -0.553. The first-order valence-corrected chi connectivity index (χ1v) is 11.6. The molecule has 0 saturated heterocycles. The van der Waals surface area contributed by atoms with Crippen LogP contribution in [0.5, 0.6) is 5.75 Å². The van der Waals surface area contributed by atoms with Crippen molar-refractivity contribution < 1.29 is 14.5 Å². The standard InChI is InChI=1S/C22H23N7O4S/c1-3-33-14-8-9-17(18(12-14)29(31)32)25-21(30)13-34-22-27-26-20(28(22)2)11-10-19-23-15-6-4-5-7-16(15)24-19/h4-9,12H,3,10-11,13H2,1-2H3,(H,23,24)(H,25,30). The summed E-state index contributed by atoms with van der Waals surface area (Å²) in [5.41, 5.74) is 1.80. The molecule has 0 fully saturated rings. The minimum Gasteiger partial charge on any atom is -0.494 e. The number of para-hydroxylation sites is 2. The van der Waals surface area contributed by atoms with Gasteiger partial charge in [-0.3, -0.25) is 14.9 Å². The minimum absolute atomic E-state index is 0.0277. The Morgan fingerprint density at radius 1 is 1.24 bits per heavy atom. The number of carbonyl (C=O) groups is 1. The molecule has 2 N–H and O–H groups in total. The molecule has 34 heavy (non-hydrogen) atoms. The molecule has 0 atom stereocenters. The van der Waals surface area contributed by atoms with E-state index in [2.05, 4.69) is 25.5 Å². The molecule has 4 aromatic rings. The van der Waals surface area contributed by atoms with E-state index in [4.69, 9.17) is 4.74 Å². The maximum absolute atomic E-state index is 12.4. The van der Waals surface area contributed by atoms with Crippen LogP contribution in [0.4, 0.5) is 11.4 Å². The molecule has 1 amide bonds. The molecule has 11 nitrogen and oxygen atoms in total. The number of benzene rings is 2. The van der Waals surface area contributed by atoms with Crippen molar-refractivity contribution in [1.82, 2.24) is 24.7 Å². The number of hydrogen-bond donors (Lipinski definition) is 2. The molecule has 0 radical (unpaired) electrons. The second kappa shape index (κ2) is 10.3. The fourth-order valence-corrected chi connectivity index (χ4v) is 4.11. The number of nitro benzene ring substituents is 1. The molecule has 176 valence electrons. The average Bonchev–Trinajstić information content (AvgIpc) is 3.40. The zero-order valence-corrected chi connectivity index (χ0v) is 19.5. The molecular weight excluding hydrogens is 458 g/mol. The summed E-state index contributed by atoms with van der Waals surface area (Å²) in [6.45, 7) is 2.17. The molecule has 0 aliphatic carbocycles. The monoisotopic (exact) mass is 481 g/mol. The van der Waals surface area contributed by atoms with E-state index in [-0.39, 0.29) is 23.0 Å². The second-order valence-corrected chi connectivity index (χ2v) is 8.31. The van der Waals surface area contributed by atoms with Crippen LogP contribution in [-0.4, -0.2) is 47.9 Å². The summed E-state index contributed by atoms with van der Waals surface area (Å²) in [6, 6.07) is 12.2. The van der Waals surface area contributed by atoms with Gasteiger partial charge in [-0.15, -0.1) is 10.2 Å². The number of nitrogens with zero attached hydrogens (tertiary/aromatic N) is 5. The SMILES string of the molecule is CCOc1ccc(NC(=O)CSc2nnc(CCc3nc4ccccc4[nH]3)n2C)c([N+](=O)[O-])c1. The quantitative estimate of drug-likeness (QED) is 0.199. The number of fused-ring (bicyclic) bond motifs is 1. The third-order valence-corrected chi connectivity index (χ3v) is 6.05. The number of imidazole rings is 1. The van der Waals surface area contributed by atoms with Gasteiger partial charge in [0.05, 0.1) is 34.4 Å². The lowest BCUT2D eigenvalue weighted by atomic mass is 10.2. The molecule has 12 heteroatoms. The Bertz CT molecular complexity index is 1300. The lowest BCUT2D eigenvalue weighted by Crippen LogP contribution is -2.15. The normalized spacial score (nSPS) is 11.0. The summed E-state index contributed by atoms with van der Waals surface area (Å²) < 4.78 is 7.13. The summed E-state index contributed by atoms with van der Waals surface area (Å²) in [4.78, 5) is 31.1. The molecule has 0 aliphatic heterocycles.